The molecule has 210 valence electrons. The van der Waals surface area contributed by atoms with Gasteiger partial charge in [-0.3, -0.25) is 4.79 Å². The van der Waals surface area contributed by atoms with E-state index in [1.807, 2.05) is 54.6 Å². The van der Waals surface area contributed by atoms with E-state index in [-0.39, 0.29) is 6.04 Å². The molecule has 1 N–H and O–H groups in total. The molecule has 0 bridgehead atoms. The largest absolute Gasteiger partial charge is 0.496 e. The fourth-order valence-corrected chi connectivity index (χ4v) is 4.97. The van der Waals surface area contributed by atoms with Crippen LogP contribution in [0.4, 0.5) is 0 Å². The van der Waals surface area contributed by atoms with Crippen LogP contribution in [0.25, 0.3) is 22.6 Å². The molecule has 0 fully saturated rings. The van der Waals surface area contributed by atoms with E-state index < -0.39 is 0 Å². The maximum Gasteiger partial charge on any atom is 0.207 e. The summed E-state index contributed by atoms with van der Waals surface area (Å²) in [6.07, 6.45) is 3.90. The lowest BCUT2D eigenvalue weighted by atomic mass is 10.0. The number of fused-ring (bicyclic) bond motifs is 1. The number of hydrogen-bond donors (Lipinski definition) is 1. The van der Waals surface area contributed by atoms with E-state index in [1.165, 1.54) is 0 Å². The van der Waals surface area contributed by atoms with E-state index in [9.17, 15) is 4.79 Å². The van der Waals surface area contributed by atoms with Gasteiger partial charge in [0.1, 0.15) is 24.8 Å². The molecule has 0 saturated heterocycles. The van der Waals surface area contributed by atoms with Crippen molar-refractivity contribution in [1.82, 2.24) is 14.9 Å². The molecular formula is C33H39N3O4. The van der Waals surface area contributed by atoms with Crippen LogP contribution in [0.3, 0.4) is 0 Å². The summed E-state index contributed by atoms with van der Waals surface area (Å²) >= 11 is 0. The van der Waals surface area contributed by atoms with E-state index >= 15 is 0 Å². The molecule has 0 radical (unpaired) electrons. The third-order valence-electron chi connectivity index (χ3n) is 7.01. The molecule has 1 aliphatic heterocycles. The number of carbonyl (C=O) groups excluding carboxylic acids is 1. The van der Waals surface area contributed by atoms with Crippen molar-refractivity contribution in [3.05, 3.63) is 84.1 Å². The molecule has 7 heteroatoms. The molecular weight excluding hydrogens is 502 g/mol. The number of aromatic nitrogens is 2. The number of ether oxygens (including phenoxy) is 3. The number of carbonyl (C=O) groups is 1. The highest BCUT2D eigenvalue weighted by molar-refractivity contribution is 5.70. The second-order valence-electron chi connectivity index (χ2n) is 9.56. The number of unbranched alkanes of at least 4 members (excludes halogenated alkanes) is 1. The van der Waals surface area contributed by atoms with Gasteiger partial charge in [0.05, 0.1) is 18.8 Å². The Bertz CT molecular complexity index is 1380. The van der Waals surface area contributed by atoms with Crippen molar-refractivity contribution >= 4 is 6.41 Å². The van der Waals surface area contributed by atoms with Crippen molar-refractivity contribution < 1.29 is 19.0 Å². The van der Waals surface area contributed by atoms with Gasteiger partial charge in [-0.05, 0) is 44.5 Å². The molecule has 7 nitrogen and oxygen atoms in total. The fraction of sp³-hybridized carbons (Fsp3) is 0.333. The lowest BCUT2D eigenvalue weighted by Crippen LogP contribution is -2.20. The zero-order valence-electron chi connectivity index (χ0n) is 23.9. The minimum absolute atomic E-state index is 0.0496. The van der Waals surface area contributed by atoms with Gasteiger partial charge < -0.3 is 24.1 Å². The lowest BCUT2D eigenvalue weighted by Gasteiger charge is -2.18. The van der Waals surface area contributed by atoms with Gasteiger partial charge in [-0.1, -0.05) is 68.3 Å². The maximum atomic E-state index is 10.6. The highest BCUT2D eigenvalue weighted by atomic mass is 16.6. The Balaban J connectivity index is 0.000000202. The van der Waals surface area contributed by atoms with E-state index in [1.54, 1.807) is 7.11 Å². The first kappa shape index (κ1) is 28.7. The van der Waals surface area contributed by atoms with E-state index in [0.29, 0.717) is 13.2 Å². The van der Waals surface area contributed by atoms with E-state index in [0.717, 1.165) is 83.4 Å². The van der Waals surface area contributed by atoms with Crippen molar-refractivity contribution in [2.24, 2.45) is 0 Å². The first-order valence-corrected chi connectivity index (χ1v) is 14.0. The number of rotatable bonds is 10. The van der Waals surface area contributed by atoms with Crippen molar-refractivity contribution in [3.63, 3.8) is 0 Å². The Kier molecular flexibility index (Phi) is 10.2. The standard InChI is InChI=1S/C20H20N2O2.C13H19NO2/c1-3-22-14(2)19(21-20(22)15-7-5-4-6-8-15)16-9-10-17-18(13-16)24-12-11-23-17;1-3-4-8-12(14-10-15)11-7-5-6-9-13(11)16-2/h4-10,13H,3,11-12H2,1-2H3;5-7,9-10,12H,3-4,8H2,1-2H3,(H,14,15). The first-order valence-electron chi connectivity index (χ1n) is 14.0. The van der Waals surface area contributed by atoms with Gasteiger partial charge in [-0.25, -0.2) is 4.98 Å². The maximum absolute atomic E-state index is 10.6. The van der Waals surface area contributed by atoms with Gasteiger partial charge in [-0.15, -0.1) is 0 Å². The molecule has 5 rings (SSSR count). The second kappa shape index (κ2) is 14.2. The van der Waals surface area contributed by atoms with E-state index in [2.05, 4.69) is 48.9 Å². The fourth-order valence-electron chi connectivity index (χ4n) is 4.97. The van der Waals surface area contributed by atoms with Gasteiger partial charge in [0, 0.05) is 28.9 Å². The van der Waals surface area contributed by atoms with Crippen LogP contribution in [0.2, 0.25) is 0 Å². The summed E-state index contributed by atoms with van der Waals surface area (Å²) in [4.78, 5) is 15.5. The summed E-state index contributed by atoms with van der Waals surface area (Å²) in [6, 6.07) is 24.2. The SMILES string of the molecule is CCCCC(NC=O)c1ccccc1OC.CCn1c(-c2ccccc2)nc(-c2ccc3c(c2)OCCO3)c1C. The third-order valence-corrected chi connectivity index (χ3v) is 7.01. The molecule has 1 unspecified atom stereocenters. The summed E-state index contributed by atoms with van der Waals surface area (Å²) in [5, 5.41) is 2.85. The van der Waals surface area contributed by atoms with Crippen molar-refractivity contribution in [3.8, 4) is 39.9 Å². The minimum Gasteiger partial charge on any atom is -0.496 e. The van der Waals surface area contributed by atoms with Gasteiger partial charge in [0.25, 0.3) is 0 Å². The van der Waals surface area contributed by atoms with Crippen LogP contribution in [0.15, 0.2) is 72.8 Å². The molecule has 0 saturated carbocycles. The topological polar surface area (TPSA) is 74.6 Å². The second-order valence-corrected chi connectivity index (χ2v) is 9.56. The zero-order valence-corrected chi connectivity index (χ0v) is 23.9. The van der Waals surface area contributed by atoms with Crippen LogP contribution >= 0.6 is 0 Å². The number of amides is 1. The molecule has 1 aromatic heterocycles. The van der Waals surface area contributed by atoms with Gasteiger partial charge >= 0.3 is 0 Å². The average Bonchev–Trinajstić information content (AvgIpc) is 3.35. The summed E-state index contributed by atoms with van der Waals surface area (Å²) in [5.41, 5.74) is 5.39. The van der Waals surface area contributed by atoms with Gasteiger partial charge in [0.2, 0.25) is 6.41 Å². The van der Waals surface area contributed by atoms with Crippen LogP contribution in [0, 0.1) is 6.92 Å². The highest BCUT2D eigenvalue weighted by Crippen LogP contribution is 2.36. The lowest BCUT2D eigenvalue weighted by molar-refractivity contribution is -0.110. The van der Waals surface area contributed by atoms with Crippen LogP contribution in [-0.2, 0) is 11.3 Å². The Morgan fingerprint density at radius 3 is 2.40 bits per heavy atom. The predicted molar refractivity (Wildman–Crippen MR) is 159 cm³/mol. The summed E-state index contributed by atoms with van der Waals surface area (Å²) in [6.45, 7) is 8.49. The normalized spacial score (nSPS) is 12.6. The predicted octanol–water partition coefficient (Wildman–Crippen LogP) is 6.99. The van der Waals surface area contributed by atoms with Crippen LogP contribution in [0.5, 0.6) is 17.2 Å². The molecule has 1 atom stereocenters. The van der Waals surface area contributed by atoms with Crippen molar-refractivity contribution in [2.75, 3.05) is 20.3 Å². The monoisotopic (exact) mass is 541 g/mol. The number of nitrogens with one attached hydrogen (secondary N) is 1. The number of para-hydroxylation sites is 1. The summed E-state index contributed by atoms with van der Waals surface area (Å²) < 4.78 is 18.9. The zero-order chi connectivity index (χ0) is 28.3. The minimum atomic E-state index is 0.0496. The van der Waals surface area contributed by atoms with Gasteiger partial charge in [-0.2, -0.15) is 0 Å². The smallest absolute Gasteiger partial charge is 0.207 e. The number of nitrogens with zero attached hydrogens (tertiary/aromatic N) is 2. The first-order chi connectivity index (χ1) is 19.6. The number of methoxy groups -OCH3 is 1. The third kappa shape index (κ3) is 6.65. The molecule has 40 heavy (non-hydrogen) atoms. The Morgan fingerprint density at radius 1 is 0.975 bits per heavy atom. The molecule has 1 aliphatic rings. The summed E-state index contributed by atoms with van der Waals surface area (Å²) in [7, 11) is 1.65. The van der Waals surface area contributed by atoms with Crippen LogP contribution in [0.1, 0.15) is 50.4 Å². The summed E-state index contributed by atoms with van der Waals surface area (Å²) in [5.74, 6) is 3.43. The molecule has 2 heterocycles. The number of benzene rings is 3. The molecule has 0 spiro atoms. The van der Waals surface area contributed by atoms with Crippen molar-refractivity contribution in [1.29, 1.82) is 0 Å². The van der Waals surface area contributed by atoms with Crippen LogP contribution in [-0.4, -0.2) is 36.3 Å². The average molecular weight is 542 g/mol. The Labute approximate surface area is 237 Å². The molecule has 1 amide bonds. The van der Waals surface area contributed by atoms with Gasteiger partial charge in [0.15, 0.2) is 11.5 Å². The quantitative estimate of drug-likeness (QED) is 0.219. The molecule has 3 aromatic carbocycles. The molecule has 4 aromatic rings. The molecule has 0 aliphatic carbocycles. The van der Waals surface area contributed by atoms with E-state index in [4.69, 9.17) is 19.2 Å². The number of hydrogen-bond acceptors (Lipinski definition) is 5. The highest BCUT2D eigenvalue weighted by Gasteiger charge is 2.19. The van der Waals surface area contributed by atoms with Crippen LogP contribution < -0.4 is 19.5 Å². The Hall–Kier alpha value is -4.26. The number of imidazole rings is 1. The Morgan fingerprint density at radius 2 is 1.70 bits per heavy atom. The van der Waals surface area contributed by atoms with Crippen molar-refractivity contribution in [2.45, 2.75) is 52.6 Å².